The molecule has 0 saturated carbocycles. The van der Waals surface area contributed by atoms with Gasteiger partial charge >= 0.3 is 0 Å². The number of hydrogen-bond donors (Lipinski definition) is 1. The van der Waals surface area contributed by atoms with Gasteiger partial charge in [-0.3, -0.25) is 0 Å². The Morgan fingerprint density at radius 2 is 1.27 bits per heavy atom. The number of piperidine rings is 1. The van der Waals surface area contributed by atoms with E-state index < -0.39 is 0 Å². The molecule has 3 nitrogen and oxygen atoms in total. The van der Waals surface area contributed by atoms with Crippen LogP contribution >= 0.6 is 11.6 Å². The molecule has 0 bridgehead atoms. The van der Waals surface area contributed by atoms with Gasteiger partial charge in [0.2, 0.25) is 0 Å². The highest BCUT2D eigenvalue weighted by Crippen LogP contribution is 2.22. The summed E-state index contributed by atoms with van der Waals surface area (Å²) in [5.41, 5.74) is 0.0237. The monoisotopic (exact) mass is 439 g/mol. The van der Waals surface area contributed by atoms with Crippen molar-refractivity contribution >= 4 is 11.6 Å². The fourth-order valence-electron chi connectivity index (χ4n) is 4.83. The van der Waals surface area contributed by atoms with Crippen molar-refractivity contribution in [2.75, 3.05) is 19.6 Å². The summed E-state index contributed by atoms with van der Waals surface area (Å²) in [5.74, 6) is 0. The Kier molecular flexibility index (Phi) is 14.8. The maximum atomic E-state index is 6.69. The molecule has 0 aromatic heterocycles. The Morgan fingerprint density at radius 1 is 0.733 bits per heavy atom. The SMILES string of the molecule is CCCCCCCCCCCCCCCCN1C=CN(CCC2CCCCN2)C1Cl. The van der Waals surface area contributed by atoms with Crippen LogP contribution in [-0.2, 0) is 0 Å². The van der Waals surface area contributed by atoms with Crippen LogP contribution in [0, 0.1) is 0 Å². The standard InChI is InChI=1S/C26H50ClN3/c1-2-3-4-5-6-7-8-9-10-11-12-13-14-17-21-29-23-24-30(26(29)27)22-19-25-18-15-16-20-28-25/h23-26,28H,2-22H2,1H3. The van der Waals surface area contributed by atoms with E-state index in [1.54, 1.807) is 0 Å². The molecule has 0 amide bonds. The van der Waals surface area contributed by atoms with Crippen LogP contribution in [0.15, 0.2) is 12.4 Å². The molecule has 4 heteroatoms. The molecule has 1 fully saturated rings. The Morgan fingerprint density at radius 3 is 1.80 bits per heavy atom. The van der Waals surface area contributed by atoms with E-state index in [1.165, 1.54) is 122 Å². The molecule has 2 rings (SSSR count). The number of unbranched alkanes of at least 4 members (excludes halogenated alkanes) is 13. The summed E-state index contributed by atoms with van der Waals surface area (Å²) in [4.78, 5) is 4.62. The number of nitrogens with one attached hydrogen (secondary N) is 1. The molecule has 0 spiro atoms. The molecule has 0 radical (unpaired) electrons. The van der Waals surface area contributed by atoms with Crippen molar-refractivity contribution in [3.05, 3.63) is 12.4 Å². The lowest BCUT2D eigenvalue weighted by Gasteiger charge is -2.30. The highest BCUT2D eigenvalue weighted by Gasteiger charge is 2.24. The molecule has 30 heavy (non-hydrogen) atoms. The molecule has 2 aliphatic heterocycles. The Hall–Kier alpha value is -0.410. The Balaban J connectivity index is 1.36. The molecule has 2 aliphatic rings. The number of nitrogens with zero attached hydrogens (tertiary/aromatic N) is 2. The van der Waals surface area contributed by atoms with Gasteiger partial charge in [0, 0.05) is 31.5 Å². The van der Waals surface area contributed by atoms with E-state index in [0.29, 0.717) is 6.04 Å². The van der Waals surface area contributed by atoms with Crippen LogP contribution in [0.25, 0.3) is 0 Å². The molecule has 2 heterocycles. The number of rotatable bonds is 18. The zero-order valence-corrected chi connectivity index (χ0v) is 20.7. The largest absolute Gasteiger partial charge is 0.344 e. The fourth-order valence-corrected chi connectivity index (χ4v) is 5.16. The van der Waals surface area contributed by atoms with E-state index in [-0.39, 0.29) is 5.62 Å². The second-order valence-electron chi connectivity index (χ2n) is 9.62. The van der Waals surface area contributed by atoms with E-state index >= 15 is 0 Å². The molecule has 0 aliphatic carbocycles. The summed E-state index contributed by atoms with van der Waals surface area (Å²) >= 11 is 6.69. The third-order valence-corrected chi connectivity index (χ3v) is 7.42. The van der Waals surface area contributed by atoms with E-state index in [9.17, 15) is 0 Å². The minimum absolute atomic E-state index is 0.0237. The fraction of sp³-hybridized carbons (Fsp3) is 0.923. The van der Waals surface area contributed by atoms with Crippen molar-refractivity contribution in [1.82, 2.24) is 15.1 Å². The Labute approximate surface area is 193 Å². The Bertz CT molecular complexity index is 423. The topological polar surface area (TPSA) is 18.5 Å². The zero-order chi connectivity index (χ0) is 21.3. The van der Waals surface area contributed by atoms with E-state index in [2.05, 4.69) is 34.4 Å². The molecule has 2 atom stereocenters. The van der Waals surface area contributed by atoms with Crippen LogP contribution in [0.3, 0.4) is 0 Å². The minimum Gasteiger partial charge on any atom is -0.344 e. The van der Waals surface area contributed by atoms with Gasteiger partial charge in [0.05, 0.1) is 0 Å². The second-order valence-corrected chi connectivity index (χ2v) is 10.0. The van der Waals surface area contributed by atoms with Gasteiger partial charge in [-0.2, -0.15) is 0 Å². The first-order valence-electron chi connectivity index (χ1n) is 13.4. The normalized spacial score (nSPS) is 21.7. The lowest BCUT2D eigenvalue weighted by molar-refractivity contribution is 0.211. The first-order chi connectivity index (χ1) is 14.8. The first-order valence-corrected chi connectivity index (χ1v) is 13.8. The van der Waals surface area contributed by atoms with Gasteiger partial charge in [-0.05, 0) is 32.2 Å². The predicted molar refractivity (Wildman–Crippen MR) is 133 cm³/mol. The maximum absolute atomic E-state index is 6.69. The lowest BCUT2D eigenvalue weighted by Crippen LogP contribution is -2.39. The van der Waals surface area contributed by atoms with Gasteiger partial charge in [-0.1, -0.05) is 108 Å². The third-order valence-electron chi connectivity index (χ3n) is 6.91. The number of hydrogen-bond acceptors (Lipinski definition) is 3. The van der Waals surface area contributed by atoms with Crippen LogP contribution in [0.5, 0.6) is 0 Å². The van der Waals surface area contributed by atoms with Gasteiger partial charge in [-0.15, -0.1) is 0 Å². The minimum atomic E-state index is 0.0237. The van der Waals surface area contributed by atoms with Gasteiger partial charge in [0.25, 0.3) is 0 Å². The average Bonchev–Trinajstić information content (AvgIpc) is 3.12. The molecule has 176 valence electrons. The summed E-state index contributed by atoms with van der Waals surface area (Å²) in [7, 11) is 0. The smallest absolute Gasteiger partial charge is 0.179 e. The third kappa shape index (κ3) is 11.3. The van der Waals surface area contributed by atoms with Crippen molar-refractivity contribution in [1.29, 1.82) is 0 Å². The van der Waals surface area contributed by atoms with Crippen LogP contribution in [-0.4, -0.2) is 41.1 Å². The quantitative estimate of drug-likeness (QED) is 0.134. The van der Waals surface area contributed by atoms with Gasteiger partial charge in [0.15, 0.2) is 5.62 Å². The first kappa shape index (κ1) is 25.8. The summed E-state index contributed by atoms with van der Waals surface area (Å²) in [6.07, 6.45) is 29.5. The van der Waals surface area contributed by atoms with Crippen molar-refractivity contribution in [3.8, 4) is 0 Å². The highest BCUT2D eigenvalue weighted by molar-refractivity contribution is 6.20. The zero-order valence-electron chi connectivity index (χ0n) is 19.9. The van der Waals surface area contributed by atoms with Gasteiger partial charge in [-0.25, -0.2) is 0 Å². The molecule has 0 aromatic carbocycles. The second kappa shape index (κ2) is 17.2. The van der Waals surface area contributed by atoms with Crippen molar-refractivity contribution in [2.24, 2.45) is 0 Å². The van der Waals surface area contributed by atoms with Crippen molar-refractivity contribution in [2.45, 2.75) is 134 Å². The molecule has 1 N–H and O–H groups in total. The average molecular weight is 440 g/mol. The van der Waals surface area contributed by atoms with Gasteiger partial charge in [0.1, 0.15) is 0 Å². The van der Waals surface area contributed by atoms with Crippen LogP contribution < -0.4 is 5.32 Å². The van der Waals surface area contributed by atoms with Crippen LogP contribution in [0.2, 0.25) is 0 Å². The molecule has 0 aromatic rings. The van der Waals surface area contributed by atoms with E-state index in [1.807, 2.05) is 0 Å². The highest BCUT2D eigenvalue weighted by atomic mass is 35.5. The van der Waals surface area contributed by atoms with E-state index in [0.717, 1.165) is 13.1 Å². The van der Waals surface area contributed by atoms with Crippen LogP contribution in [0.1, 0.15) is 122 Å². The van der Waals surface area contributed by atoms with Crippen LogP contribution in [0.4, 0.5) is 0 Å². The summed E-state index contributed by atoms with van der Waals surface area (Å²) in [6, 6.07) is 0.691. The molecule has 1 saturated heterocycles. The maximum Gasteiger partial charge on any atom is 0.179 e. The van der Waals surface area contributed by atoms with Gasteiger partial charge < -0.3 is 15.1 Å². The van der Waals surface area contributed by atoms with E-state index in [4.69, 9.17) is 11.6 Å². The van der Waals surface area contributed by atoms with Crippen molar-refractivity contribution < 1.29 is 0 Å². The lowest BCUT2D eigenvalue weighted by atomic mass is 10.0. The summed E-state index contributed by atoms with van der Waals surface area (Å²) in [5, 5.41) is 3.64. The number of alkyl halides is 1. The molecule has 2 unspecified atom stereocenters. The predicted octanol–water partition coefficient (Wildman–Crippen LogP) is 7.61. The molecular weight excluding hydrogens is 390 g/mol. The van der Waals surface area contributed by atoms with Crippen molar-refractivity contribution in [3.63, 3.8) is 0 Å². The summed E-state index contributed by atoms with van der Waals surface area (Å²) < 4.78 is 0. The summed E-state index contributed by atoms with van der Waals surface area (Å²) in [6.45, 7) is 5.65. The number of halogens is 1. The molecular formula is C26H50ClN3.